The lowest BCUT2D eigenvalue weighted by Gasteiger charge is -2.37. The molecule has 1 fully saturated rings. The Hall–Kier alpha value is -3.29. The molecule has 3 aromatic rings. The minimum atomic E-state index is -4.54. The van der Waals surface area contributed by atoms with Crippen molar-refractivity contribution in [2.24, 2.45) is 0 Å². The van der Waals surface area contributed by atoms with Crippen LogP contribution in [-0.4, -0.2) is 41.5 Å². The highest BCUT2D eigenvalue weighted by molar-refractivity contribution is 5.63. The van der Waals surface area contributed by atoms with E-state index in [-0.39, 0.29) is 17.3 Å². The smallest absolute Gasteiger partial charge is 0.420 e. The summed E-state index contributed by atoms with van der Waals surface area (Å²) in [5.74, 6) is -0.00180. The molecule has 5 nitrogen and oxygen atoms in total. The molecule has 0 radical (unpaired) electrons. The molecule has 150 valence electrons. The summed E-state index contributed by atoms with van der Waals surface area (Å²) in [6, 6.07) is 16.7. The molecule has 0 atom stereocenters. The van der Waals surface area contributed by atoms with Gasteiger partial charge in [-0.1, -0.05) is 42.5 Å². The Labute approximate surface area is 166 Å². The number of nitrogens with zero attached hydrogens (tertiary/aromatic N) is 4. The fraction of sp³-hybridized carbons (Fsp3) is 0.238. The largest absolute Gasteiger partial charge is 0.506 e. The van der Waals surface area contributed by atoms with E-state index < -0.39 is 11.7 Å². The molecule has 0 amide bonds. The average Bonchev–Trinajstić information content (AvgIpc) is 2.74. The van der Waals surface area contributed by atoms with Gasteiger partial charge in [-0.15, -0.1) is 10.2 Å². The predicted octanol–water partition coefficient (Wildman–Crippen LogP) is 4.19. The standard InChI is InChI=1S/C21H19F3N4O/c22-21(23,24)16-14-17(15-6-2-1-3-7-15)25-26-20(16)28-12-10-27(11-13-28)18-8-4-5-9-19(18)29/h1-9,14,29H,10-13H2. The number of halogens is 3. The number of alkyl halides is 3. The van der Waals surface area contributed by atoms with Crippen molar-refractivity contribution in [1.29, 1.82) is 0 Å². The first-order valence-electron chi connectivity index (χ1n) is 9.22. The van der Waals surface area contributed by atoms with Crippen LogP contribution in [0.5, 0.6) is 5.75 Å². The zero-order valence-electron chi connectivity index (χ0n) is 15.5. The van der Waals surface area contributed by atoms with Gasteiger partial charge in [-0.3, -0.25) is 0 Å². The number of anilines is 2. The second-order valence-corrected chi connectivity index (χ2v) is 6.79. The molecule has 0 bridgehead atoms. The van der Waals surface area contributed by atoms with Crippen LogP contribution in [0.3, 0.4) is 0 Å². The van der Waals surface area contributed by atoms with E-state index in [4.69, 9.17) is 0 Å². The van der Waals surface area contributed by atoms with Gasteiger partial charge in [0.15, 0.2) is 5.82 Å². The van der Waals surface area contributed by atoms with Crippen molar-refractivity contribution in [1.82, 2.24) is 10.2 Å². The number of rotatable bonds is 3. The monoisotopic (exact) mass is 400 g/mol. The fourth-order valence-electron chi connectivity index (χ4n) is 3.47. The molecular formula is C21H19F3N4O. The van der Waals surface area contributed by atoms with Gasteiger partial charge >= 0.3 is 6.18 Å². The molecule has 4 rings (SSSR count). The lowest BCUT2D eigenvalue weighted by molar-refractivity contribution is -0.137. The summed E-state index contributed by atoms with van der Waals surface area (Å²) in [7, 11) is 0. The van der Waals surface area contributed by atoms with Crippen LogP contribution in [0.15, 0.2) is 60.7 Å². The highest BCUT2D eigenvalue weighted by Gasteiger charge is 2.37. The first-order chi connectivity index (χ1) is 13.9. The minimum Gasteiger partial charge on any atom is -0.506 e. The number of aromatic hydroxyl groups is 1. The third-order valence-corrected chi connectivity index (χ3v) is 4.95. The predicted molar refractivity (Wildman–Crippen MR) is 105 cm³/mol. The van der Waals surface area contributed by atoms with E-state index in [1.54, 1.807) is 53.4 Å². The average molecular weight is 400 g/mol. The van der Waals surface area contributed by atoms with E-state index in [1.165, 1.54) is 0 Å². The third-order valence-electron chi connectivity index (χ3n) is 4.95. The molecule has 2 heterocycles. The highest BCUT2D eigenvalue weighted by Crippen LogP contribution is 2.37. The van der Waals surface area contributed by atoms with Crippen molar-refractivity contribution in [3.63, 3.8) is 0 Å². The molecule has 0 saturated carbocycles. The molecular weight excluding hydrogens is 381 g/mol. The van der Waals surface area contributed by atoms with Crippen LogP contribution in [0.25, 0.3) is 11.3 Å². The van der Waals surface area contributed by atoms with Crippen molar-refractivity contribution in [2.75, 3.05) is 36.0 Å². The third kappa shape index (κ3) is 3.96. The zero-order chi connectivity index (χ0) is 20.4. The van der Waals surface area contributed by atoms with Crippen LogP contribution in [0.4, 0.5) is 24.7 Å². The zero-order valence-corrected chi connectivity index (χ0v) is 15.5. The van der Waals surface area contributed by atoms with Gasteiger partial charge in [0.1, 0.15) is 11.3 Å². The van der Waals surface area contributed by atoms with Gasteiger partial charge in [-0.05, 0) is 18.2 Å². The van der Waals surface area contributed by atoms with Gasteiger partial charge in [-0.25, -0.2) is 0 Å². The number of benzene rings is 2. The van der Waals surface area contributed by atoms with Gasteiger partial charge in [0, 0.05) is 31.7 Å². The summed E-state index contributed by atoms with van der Waals surface area (Å²) in [4.78, 5) is 3.55. The van der Waals surface area contributed by atoms with E-state index >= 15 is 0 Å². The summed E-state index contributed by atoms with van der Waals surface area (Å²) in [5, 5.41) is 18.0. The van der Waals surface area contributed by atoms with Crippen molar-refractivity contribution >= 4 is 11.5 Å². The molecule has 1 N–H and O–H groups in total. The van der Waals surface area contributed by atoms with E-state index in [9.17, 15) is 18.3 Å². The van der Waals surface area contributed by atoms with Gasteiger partial charge in [-0.2, -0.15) is 13.2 Å². The van der Waals surface area contributed by atoms with Gasteiger partial charge in [0.05, 0.1) is 11.4 Å². The first kappa shape index (κ1) is 19.0. The van der Waals surface area contributed by atoms with E-state index in [1.807, 2.05) is 11.0 Å². The fourth-order valence-corrected chi connectivity index (χ4v) is 3.47. The van der Waals surface area contributed by atoms with E-state index in [0.717, 1.165) is 6.07 Å². The summed E-state index contributed by atoms with van der Waals surface area (Å²) in [6.45, 7) is 1.63. The topological polar surface area (TPSA) is 52.5 Å². The van der Waals surface area contributed by atoms with Gasteiger partial charge in [0.2, 0.25) is 0 Å². The number of phenols is 1. The number of hydrogen-bond donors (Lipinski definition) is 1. The maximum atomic E-state index is 13.8. The highest BCUT2D eigenvalue weighted by atomic mass is 19.4. The Balaban J connectivity index is 1.59. The van der Waals surface area contributed by atoms with Crippen LogP contribution in [0, 0.1) is 0 Å². The van der Waals surface area contributed by atoms with Crippen LogP contribution in [0.1, 0.15) is 5.56 Å². The maximum Gasteiger partial charge on any atom is 0.420 e. The maximum absolute atomic E-state index is 13.8. The Kier molecular flexibility index (Phi) is 5.00. The van der Waals surface area contributed by atoms with Gasteiger partial charge < -0.3 is 14.9 Å². The molecule has 0 unspecified atom stereocenters. The van der Waals surface area contributed by atoms with Crippen LogP contribution in [0.2, 0.25) is 0 Å². The Morgan fingerprint density at radius 1 is 0.793 bits per heavy atom. The molecule has 1 saturated heterocycles. The normalized spacial score (nSPS) is 14.9. The number of piperazine rings is 1. The number of phenolic OH excluding ortho intramolecular Hbond substituents is 1. The van der Waals surface area contributed by atoms with E-state index in [2.05, 4.69) is 10.2 Å². The molecule has 1 aliphatic heterocycles. The quantitative estimate of drug-likeness (QED) is 0.714. The van der Waals surface area contributed by atoms with Crippen molar-refractivity contribution in [2.45, 2.75) is 6.18 Å². The number of para-hydroxylation sites is 2. The summed E-state index contributed by atoms with van der Waals surface area (Å²) < 4.78 is 41.3. The first-order valence-corrected chi connectivity index (χ1v) is 9.22. The van der Waals surface area contributed by atoms with Crippen LogP contribution in [-0.2, 0) is 6.18 Å². The van der Waals surface area contributed by atoms with Crippen molar-refractivity contribution < 1.29 is 18.3 Å². The molecule has 0 spiro atoms. The lowest BCUT2D eigenvalue weighted by atomic mass is 10.1. The van der Waals surface area contributed by atoms with E-state index in [0.29, 0.717) is 37.4 Å². The minimum absolute atomic E-state index is 0.156. The molecule has 2 aromatic carbocycles. The second kappa shape index (κ2) is 7.62. The molecule has 29 heavy (non-hydrogen) atoms. The molecule has 1 aromatic heterocycles. The Bertz CT molecular complexity index is 987. The second-order valence-electron chi connectivity index (χ2n) is 6.79. The SMILES string of the molecule is Oc1ccccc1N1CCN(c2nnc(-c3ccccc3)cc2C(F)(F)F)CC1. The van der Waals surface area contributed by atoms with Crippen molar-refractivity contribution in [3.8, 4) is 17.0 Å². The summed E-state index contributed by atoms with van der Waals surface area (Å²) in [5.41, 5.74) is 0.659. The van der Waals surface area contributed by atoms with Gasteiger partial charge in [0.25, 0.3) is 0 Å². The number of hydrogen-bond acceptors (Lipinski definition) is 5. The Morgan fingerprint density at radius 2 is 1.41 bits per heavy atom. The number of aromatic nitrogens is 2. The van der Waals surface area contributed by atoms with Crippen LogP contribution >= 0.6 is 0 Å². The van der Waals surface area contributed by atoms with Crippen molar-refractivity contribution in [3.05, 3.63) is 66.2 Å². The lowest BCUT2D eigenvalue weighted by Crippen LogP contribution is -2.47. The summed E-state index contributed by atoms with van der Waals surface area (Å²) >= 11 is 0. The van der Waals surface area contributed by atoms with Crippen LogP contribution < -0.4 is 9.80 Å². The molecule has 8 heteroatoms. The summed E-state index contributed by atoms with van der Waals surface area (Å²) in [6.07, 6.45) is -4.54. The Morgan fingerprint density at radius 3 is 2.07 bits per heavy atom. The molecule has 1 aliphatic rings. The molecule has 0 aliphatic carbocycles.